The first-order valence-corrected chi connectivity index (χ1v) is 8.18. The van der Waals surface area contributed by atoms with Gasteiger partial charge in [-0.3, -0.25) is 10.1 Å². The van der Waals surface area contributed by atoms with E-state index in [-0.39, 0.29) is 11.9 Å². The van der Waals surface area contributed by atoms with Gasteiger partial charge in [-0.05, 0) is 19.1 Å². The van der Waals surface area contributed by atoms with E-state index in [1.807, 2.05) is 19.1 Å². The summed E-state index contributed by atoms with van der Waals surface area (Å²) in [5.74, 6) is -0.284. The highest BCUT2D eigenvalue weighted by molar-refractivity contribution is 6.30. The fraction of sp³-hybridized carbons (Fsp3) is 0.500. The number of hydrogen-bond donors (Lipinski definition) is 3. The van der Waals surface area contributed by atoms with Crippen molar-refractivity contribution < 1.29 is 24.1 Å². The van der Waals surface area contributed by atoms with Crippen LogP contribution in [0, 0.1) is 0 Å². The fourth-order valence-corrected chi connectivity index (χ4v) is 3.00. The van der Waals surface area contributed by atoms with Crippen LogP contribution in [-0.4, -0.2) is 51.3 Å². The van der Waals surface area contributed by atoms with Crippen molar-refractivity contribution in [3.63, 3.8) is 0 Å². The molecule has 0 bridgehead atoms. The molecule has 0 radical (unpaired) electrons. The van der Waals surface area contributed by atoms with E-state index >= 15 is 0 Å². The van der Waals surface area contributed by atoms with Crippen molar-refractivity contribution in [3.05, 3.63) is 34.9 Å². The highest BCUT2D eigenvalue weighted by Gasteiger charge is 2.31. The summed E-state index contributed by atoms with van der Waals surface area (Å²) in [5.41, 5.74) is 1.27. The summed E-state index contributed by atoms with van der Waals surface area (Å²) in [4.78, 5) is 25.8. The van der Waals surface area contributed by atoms with Gasteiger partial charge in [-0.1, -0.05) is 23.7 Å². The summed E-state index contributed by atoms with van der Waals surface area (Å²) in [7, 11) is 1.25. The average Bonchev–Trinajstić information content (AvgIpc) is 2.56. The van der Waals surface area contributed by atoms with Crippen LogP contribution in [0.4, 0.5) is 4.79 Å². The Balaban J connectivity index is 1.80. The summed E-state index contributed by atoms with van der Waals surface area (Å²) in [5, 5.41) is 3.00. The lowest BCUT2D eigenvalue weighted by molar-refractivity contribution is -1.02. The van der Waals surface area contributed by atoms with E-state index in [0.717, 1.165) is 37.7 Å². The minimum absolute atomic E-state index is 0.258. The number of methoxy groups -OCH3 is 1. The van der Waals surface area contributed by atoms with Crippen molar-refractivity contribution in [1.29, 1.82) is 0 Å². The molecule has 126 valence electrons. The lowest BCUT2D eigenvalue weighted by Crippen LogP contribution is -3.29. The Morgan fingerprint density at radius 1 is 1.22 bits per heavy atom. The Morgan fingerprint density at radius 2 is 1.83 bits per heavy atom. The van der Waals surface area contributed by atoms with E-state index in [4.69, 9.17) is 11.6 Å². The summed E-state index contributed by atoms with van der Waals surface area (Å²) in [6, 6.07) is 7.68. The highest BCUT2D eigenvalue weighted by atomic mass is 35.5. The quantitative estimate of drug-likeness (QED) is 0.651. The molecular formula is C16H24ClN3O3+2. The summed E-state index contributed by atoms with van der Waals surface area (Å²) in [6.07, 6.45) is -0.701. The molecule has 3 N–H and O–H groups in total. The Bertz CT molecular complexity index is 542. The van der Waals surface area contributed by atoms with Gasteiger partial charge in [0.25, 0.3) is 5.91 Å². The molecule has 0 spiro atoms. The average molecular weight is 342 g/mol. The molecule has 0 aliphatic carbocycles. The highest BCUT2D eigenvalue weighted by Crippen LogP contribution is 2.08. The van der Waals surface area contributed by atoms with Crippen molar-refractivity contribution in [2.45, 2.75) is 19.5 Å². The monoisotopic (exact) mass is 341 g/mol. The third-order valence-electron chi connectivity index (χ3n) is 4.38. The number of nitrogens with one attached hydrogen (secondary N) is 3. The van der Waals surface area contributed by atoms with Crippen LogP contribution in [0.15, 0.2) is 24.3 Å². The number of benzene rings is 1. The van der Waals surface area contributed by atoms with Crippen molar-refractivity contribution in [3.8, 4) is 0 Å². The van der Waals surface area contributed by atoms with Gasteiger partial charge >= 0.3 is 6.09 Å². The Labute approximate surface area is 141 Å². The number of alkyl carbamates (subject to hydrolysis) is 1. The van der Waals surface area contributed by atoms with Crippen molar-refractivity contribution >= 4 is 23.6 Å². The maximum Gasteiger partial charge on any atom is 0.413 e. The van der Waals surface area contributed by atoms with Crippen molar-refractivity contribution in [2.24, 2.45) is 0 Å². The molecule has 2 amide bonds. The molecule has 1 aromatic rings. The topological polar surface area (TPSA) is 64.3 Å². The SMILES string of the molecule is COC(=O)NC(=O)[C@@H](C)[NH+]1CC[NH+](Cc2ccc(Cl)cc2)CC1. The smallest absolute Gasteiger partial charge is 0.413 e. The maximum absolute atomic E-state index is 12.0. The minimum atomic E-state index is -0.701. The zero-order chi connectivity index (χ0) is 16.8. The van der Waals surface area contributed by atoms with E-state index in [1.54, 1.807) is 0 Å². The molecular weight excluding hydrogens is 318 g/mol. The van der Waals surface area contributed by atoms with Gasteiger partial charge in [-0.15, -0.1) is 0 Å². The number of amides is 2. The Hall–Kier alpha value is -1.63. The predicted octanol–water partition coefficient (Wildman–Crippen LogP) is -1.11. The van der Waals surface area contributed by atoms with Gasteiger partial charge in [0.15, 0.2) is 6.04 Å². The van der Waals surface area contributed by atoms with Crippen molar-refractivity contribution in [2.75, 3.05) is 33.3 Å². The molecule has 0 unspecified atom stereocenters. The van der Waals surface area contributed by atoms with Crippen LogP contribution < -0.4 is 15.1 Å². The molecule has 2 rings (SSSR count). The maximum atomic E-state index is 12.0. The Morgan fingerprint density at radius 3 is 2.39 bits per heavy atom. The Kier molecular flexibility index (Phi) is 6.38. The number of hydrogen-bond acceptors (Lipinski definition) is 3. The molecule has 1 fully saturated rings. The molecule has 1 aliphatic heterocycles. The zero-order valence-corrected chi connectivity index (χ0v) is 14.3. The normalized spacial score (nSPS) is 22.2. The second-order valence-electron chi connectivity index (χ2n) is 5.91. The lowest BCUT2D eigenvalue weighted by Gasteiger charge is -2.32. The minimum Gasteiger partial charge on any atom is -0.453 e. The van der Waals surface area contributed by atoms with E-state index < -0.39 is 6.09 Å². The molecule has 7 heteroatoms. The number of imide groups is 1. The number of carbonyl (C=O) groups excluding carboxylic acids is 2. The summed E-state index contributed by atoms with van der Waals surface area (Å²) < 4.78 is 4.46. The van der Waals surface area contributed by atoms with Gasteiger partial charge in [-0.25, -0.2) is 4.79 Å². The zero-order valence-electron chi connectivity index (χ0n) is 13.5. The van der Waals surface area contributed by atoms with E-state index in [9.17, 15) is 9.59 Å². The predicted molar refractivity (Wildman–Crippen MR) is 86.6 cm³/mol. The van der Waals surface area contributed by atoms with Gasteiger partial charge in [-0.2, -0.15) is 0 Å². The first-order valence-electron chi connectivity index (χ1n) is 7.81. The molecule has 1 aromatic carbocycles. The number of piperazine rings is 1. The van der Waals surface area contributed by atoms with Crippen LogP contribution in [0.1, 0.15) is 12.5 Å². The van der Waals surface area contributed by atoms with Crippen LogP contribution in [0.5, 0.6) is 0 Å². The third kappa shape index (κ3) is 5.20. The van der Waals surface area contributed by atoms with Gasteiger partial charge in [0, 0.05) is 10.6 Å². The van der Waals surface area contributed by atoms with Gasteiger partial charge in [0.2, 0.25) is 0 Å². The van der Waals surface area contributed by atoms with Crippen LogP contribution in [0.3, 0.4) is 0 Å². The van der Waals surface area contributed by atoms with E-state index in [2.05, 4.69) is 22.2 Å². The number of rotatable bonds is 4. The molecule has 1 atom stereocenters. The fourth-order valence-electron chi connectivity index (χ4n) is 2.87. The molecule has 0 aromatic heterocycles. The van der Waals surface area contributed by atoms with Gasteiger partial charge in [0.05, 0.1) is 7.11 Å². The standard InChI is InChI=1S/C16H22ClN3O3/c1-12(15(21)18-16(22)23-2)20-9-7-19(8-10-20)11-13-3-5-14(17)6-4-13/h3-6,12H,7-11H2,1-2H3,(H,18,21,22)/p+2/t12-/m1/s1. The molecule has 1 saturated heterocycles. The molecule has 1 aliphatic rings. The van der Waals surface area contributed by atoms with Crippen molar-refractivity contribution in [1.82, 2.24) is 5.32 Å². The van der Waals surface area contributed by atoms with E-state index in [0.29, 0.717) is 0 Å². The third-order valence-corrected chi connectivity index (χ3v) is 4.64. The summed E-state index contributed by atoms with van der Waals surface area (Å²) in [6.45, 7) is 6.60. The first-order chi connectivity index (χ1) is 11.0. The largest absolute Gasteiger partial charge is 0.453 e. The second kappa shape index (κ2) is 8.29. The van der Waals surface area contributed by atoms with Gasteiger partial charge in [0.1, 0.15) is 32.7 Å². The molecule has 23 heavy (non-hydrogen) atoms. The molecule has 6 nitrogen and oxygen atoms in total. The van der Waals surface area contributed by atoms with Gasteiger partial charge < -0.3 is 14.5 Å². The van der Waals surface area contributed by atoms with Crippen LogP contribution in [0.25, 0.3) is 0 Å². The van der Waals surface area contributed by atoms with Crippen LogP contribution in [0.2, 0.25) is 5.02 Å². The lowest BCUT2D eigenvalue weighted by atomic mass is 10.1. The van der Waals surface area contributed by atoms with Crippen LogP contribution in [-0.2, 0) is 16.1 Å². The number of quaternary nitrogens is 2. The number of halogens is 1. The second-order valence-corrected chi connectivity index (χ2v) is 6.35. The molecule has 1 heterocycles. The number of ether oxygens (including phenoxy) is 1. The molecule has 0 saturated carbocycles. The van der Waals surface area contributed by atoms with E-state index in [1.165, 1.54) is 22.5 Å². The van der Waals surface area contributed by atoms with Crippen LogP contribution >= 0.6 is 11.6 Å². The number of carbonyl (C=O) groups is 2. The first kappa shape index (κ1) is 17.7. The summed E-state index contributed by atoms with van der Waals surface area (Å²) >= 11 is 5.90.